The first kappa shape index (κ1) is 21.5. The second kappa shape index (κ2) is 8.73. The predicted octanol–water partition coefficient (Wildman–Crippen LogP) is 1.76. The average molecular weight is 373 g/mol. The molecule has 1 amide bonds. The molecule has 0 saturated carbocycles. The number of amides is 1. The van der Waals surface area contributed by atoms with Crippen molar-refractivity contribution in [1.29, 1.82) is 0 Å². The van der Waals surface area contributed by atoms with Gasteiger partial charge in [0.25, 0.3) is 0 Å². The molecule has 6 nitrogen and oxygen atoms in total. The first-order valence-electron chi connectivity index (χ1n) is 8.39. The summed E-state index contributed by atoms with van der Waals surface area (Å²) in [5.74, 6) is -1.67. The highest BCUT2D eigenvalue weighted by Crippen LogP contribution is 2.16. The number of carbonyl (C=O) groups is 1. The van der Waals surface area contributed by atoms with E-state index in [2.05, 4.69) is 10.0 Å². The number of benzene rings is 1. The van der Waals surface area contributed by atoms with Gasteiger partial charge in [-0.1, -0.05) is 39.8 Å². The van der Waals surface area contributed by atoms with Gasteiger partial charge in [0.15, 0.2) is 0 Å². The molecule has 25 heavy (non-hydrogen) atoms. The summed E-state index contributed by atoms with van der Waals surface area (Å²) < 4.78 is 41.0. The number of halogens is 1. The molecular formula is C17H28FN3O3S. The summed E-state index contributed by atoms with van der Waals surface area (Å²) >= 11 is 0. The molecular weight excluding hydrogens is 345 g/mol. The molecule has 1 unspecified atom stereocenters. The molecule has 0 aliphatic heterocycles. The number of nitrogens with two attached hydrogens (primary N) is 1. The maximum absolute atomic E-state index is 13.8. The molecule has 1 atom stereocenters. The van der Waals surface area contributed by atoms with Gasteiger partial charge >= 0.3 is 0 Å². The Bertz CT molecular complexity index is 688. The molecule has 0 heterocycles. The summed E-state index contributed by atoms with van der Waals surface area (Å²) in [6.07, 6.45) is 1.36. The Morgan fingerprint density at radius 1 is 1.24 bits per heavy atom. The third kappa shape index (κ3) is 5.76. The molecule has 0 fully saturated rings. The number of hydrogen-bond donors (Lipinski definition) is 3. The second-order valence-electron chi connectivity index (χ2n) is 6.56. The molecule has 8 heteroatoms. The molecule has 0 aliphatic rings. The van der Waals surface area contributed by atoms with Gasteiger partial charge in [0.2, 0.25) is 15.9 Å². The topological polar surface area (TPSA) is 101 Å². The Morgan fingerprint density at radius 2 is 1.80 bits per heavy atom. The largest absolute Gasteiger partial charge is 0.353 e. The third-order valence-electron chi connectivity index (χ3n) is 4.38. The van der Waals surface area contributed by atoms with Gasteiger partial charge in [-0.25, -0.2) is 12.8 Å². The SMILES string of the molecule is CCC(N)(CC)CNC(=O)C(NS(=O)(=O)c1ccccc1F)C(C)C. The Balaban J connectivity index is 2.94. The van der Waals surface area contributed by atoms with E-state index < -0.39 is 38.2 Å². The van der Waals surface area contributed by atoms with Crippen molar-refractivity contribution in [3.8, 4) is 0 Å². The van der Waals surface area contributed by atoms with Crippen LogP contribution in [0.2, 0.25) is 0 Å². The third-order valence-corrected chi connectivity index (χ3v) is 5.85. The van der Waals surface area contributed by atoms with Crippen LogP contribution in [0, 0.1) is 11.7 Å². The van der Waals surface area contributed by atoms with E-state index in [0.29, 0.717) is 12.8 Å². The number of rotatable bonds is 9. The second-order valence-corrected chi connectivity index (χ2v) is 8.24. The Morgan fingerprint density at radius 3 is 2.28 bits per heavy atom. The van der Waals surface area contributed by atoms with Crippen LogP contribution in [0.25, 0.3) is 0 Å². The van der Waals surface area contributed by atoms with E-state index in [1.165, 1.54) is 12.1 Å². The van der Waals surface area contributed by atoms with Gasteiger partial charge in [-0.2, -0.15) is 4.72 Å². The fourth-order valence-electron chi connectivity index (χ4n) is 2.26. The van der Waals surface area contributed by atoms with E-state index in [1.54, 1.807) is 13.8 Å². The minimum absolute atomic E-state index is 0.240. The van der Waals surface area contributed by atoms with Crippen molar-refractivity contribution in [2.75, 3.05) is 6.54 Å². The normalized spacial score (nSPS) is 13.7. The molecule has 0 spiro atoms. The molecule has 0 aliphatic carbocycles. The monoisotopic (exact) mass is 373 g/mol. The molecule has 0 radical (unpaired) electrons. The maximum atomic E-state index is 13.8. The van der Waals surface area contributed by atoms with Crippen molar-refractivity contribution in [2.45, 2.75) is 57.0 Å². The van der Waals surface area contributed by atoms with Crippen molar-refractivity contribution < 1.29 is 17.6 Å². The quantitative estimate of drug-likeness (QED) is 0.614. The maximum Gasteiger partial charge on any atom is 0.244 e. The van der Waals surface area contributed by atoms with E-state index in [1.807, 2.05) is 13.8 Å². The number of nitrogens with one attached hydrogen (secondary N) is 2. The van der Waals surface area contributed by atoms with Crippen LogP contribution in [0.5, 0.6) is 0 Å². The molecule has 1 aromatic rings. The highest BCUT2D eigenvalue weighted by atomic mass is 32.2. The molecule has 0 aromatic heterocycles. The van der Waals surface area contributed by atoms with Crippen molar-refractivity contribution >= 4 is 15.9 Å². The van der Waals surface area contributed by atoms with E-state index in [4.69, 9.17) is 5.73 Å². The predicted molar refractivity (Wildman–Crippen MR) is 95.9 cm³/mol. The zero-order valence-corrected chi connectivity index (χ0v) is 16.0. The van der Waals surface area contributed by atoms with Crippen molar-refractivity contribution in [1.82, 2.24) is 10.0 Å². The summed E-state index contributed by atoms with van der Waals surface area (Å²) in [5, 5.41) is 2.71. The lowest BCUT2D eigenvalue weighted by molar-refractivity contribution is -0.123. The lowest BCUT2D eigenvalue weighted by atomic mass is 9.94. The fourth-order valence-corrected chi connectivity index (χ4v) is 3.68. The summed E-state index contributed by atoms with van der Waals surface area (Å²) in [7, 11) is -4.16. The van der Waals surface area contributed by atoms with Gasteiger partial charge in [-0.3, -0.25) is 4.79 Å². The number of hydrogen-bond acceptors (Lipinski definition) is 4. The minimum atomic E-state index is -4.16. The smallest absolute Gasteiger partial charge is 0.244 e. The zero-order chi connectivity index (χ0) is 19.3. The summed E-state index contributed by atoms with van der Waals surface area (Å²) in [4.78, 5) is 12.0. The molecule has 1 aromatic carbocycles. The van der Waals surface area contributed by atoms with E-state index >= 15 is 0 Å². The van der Waals surface area contributed by atoms with Crippen molar-refractivity contribution in [2.24, 2.45) is 11.7 Å². The van der Waals surface area contributed by atoms with Crippen molar-refractivity contribution in [3.05, 3.63) is 30.1 Å². The van der Waals surface area contributed by atoms with Crippen LogP contribution in [0.3, 0.4) is 0 Å². The highest BCUT2D eigenvalue weighted by molar-refractivity contribution is 7.89. The van der Waals surface area contributed by atoms with Crippen LogP contribution in [0.4, 0.5) is 4.39 Å². The van der Waals surface area contributed by atoms with Crippen molar-refractivity contribution in [3.63, 3.8) is 0 Å². The van der Waals surface area contributed by atoms with Gasteiger partial charge in [-0.15, -0.1) is 0 Å². The van der Waals surface area contributed by atoms with Crippen LogP contribution >= 0.6 is 0 Å². The molecule has 0 bridgehead atoms. The first-order valence-corrected chi connectivity index (χ1v) is 9.88. The molecule has 4 N–H and O–H groups in total. The molecule has 0 saturated heterocycles. The van der Waals surface area contributed by atoms with Crippen LogP contribution < -0.4 is 15.8 Å². The van der Waals surface area contributed by atoms with Gasteiger partial charge in [0, 0.05) is 12.1 Å². The lowest BCUT2D eigenvalue weighted by Crippen LogP contribution is -2.55. The Labute approximate surface area is 149 Å². The van der Waals surface area contributed by atoms with Crippen LogP contribution in [0.15, 0.2) is 29.2 Å². The lowest BCUT2D eigenvalue weighted by Gasteiger charge is -2.29. The molecule has 142 valence electrons. The molecule has 1 rings (SSSR count). The highest BCUT2D eigenvalue weighted by Gasteiger charge is 2.31. The minimum Gasteiger partial charge on any atom is -0.353 e. The van der Waals surface area contributed by atoms with Gasteiger partial charge in [-0.05, 0) is 30.9 Å². The van der Waals surface area contributed by atoms with E-state index in [9.17, 15) is 17.6 Å². The Kier molecular flexibility index (Phi) is 7.52. The van der Waals surface area contributed by atoms with Crippen LogP contribution in [-0.2, 0) is 14.8 Å². The van der Waals surface area contributed by atoms with Gasteiger partial charge in [0.05, 0.1) is 0 Å². The van der Waals surface area contributed by atoms with E-state index in [-0.39, 0.29) is 12.5 Å². The summed E-state index contributed by atoms with van der Waals surface area (Å²) in [5.41, 5.74) is 5.62. The number of sulfonamides is 1. The average Bonchev–Trinajstić information content (AvgIpc) is 2.57. The fraction of sp³-hybridized carbons (Fsp3) is 0.588. The van der Waals surface area contributed by atoms with E-state index in [0.717, 1.165) is 12.1 Å². The zero-order valence-electron chi connectivity index (χ0n) is 15.2. The number of carbonyl (C=O) groups excluding carboxylic acids is 1. The summed E-state index contributed by atoms with van der Waals surface area (Å²) in [6, 6.07) is 4.02. The van der Waals surface area contributed by atoms with Crippen LogP contribution in [-0.4, -0.2) is 32.5 Å². The van der Waals surface area contributed by atoms with Gasteiger partial charge in [0.1, 0.15) is 16.8 Å². The summed E-state index contributed by atoms with van der Waals surface area (Å²) in [6.45, 7) is 7.52. The van der Waals surface area contributed by atoms with Crippen LogP contribution in [0.1, 0.15) is 40.5 Å². The first-order chi connectivity index (χ1) is 11.6. The Hall–Kier alpha value is -1.51. The standard InChI is InChI=1S/C17H28FN3O3S/c1-5-17(19,6-2)11-20-16(22)15(12(3)4)21-25(23,24)14-10-8-7-9-13(14)18/h7-10,12,15,21H,5-6,11,19H2,1-4H3,(H,20,22). The van der Waals surface area contributed by atoms with Gasteiger partial charge < -0.3 is 11.1 Å².